The molecule has 14 valence electrons. The first-order valence-corrected chi connectivity index (χ1v) is 12.6. The van der Waals surface area contributed by atoms with Crippen LogP contribution in [0.1, 0.15) is 0 Å². The van der Waals surface area contributed by atoms with E-state index in [0.717, 1.165) is 0 Å². The molecular weight excluding hydrogens is 259 g/mol. The third-order valence-corrected chi connectivity index (χ3v) is 38.2. The molecule has 0 N–H and O–H groups in total. The molecule has 0 aliphatic carbocycles. The van der Waals surface area contributed by atoms with E-state index in [-0.39, 0.29) is 0 Å². The topological polar surface area (TPSA) is 0 Å². The summed E-state index contributed by atoms with van der Waals surface area (Å²) >= 11 is 7.50. The van der Waals surface area contributed by atoms with Gasteiger partial charge >= 0.3 is 269 Å². The molecule has 0 saturated carbocycles. The summed E-state index contributed by atoms with van der Waals surface area (Å²) in [5, 5.41) is 0. The van der Waals surface area contributed by atoms with E-state index in [1.807, 2.05) is 0 Å². The van der Waals surface area contributed by atoms with Gasteiger partial charge in [-0.1, -0.05) is 0 Å². The average Bonchev–Trinajstić information content (AvgIpc) is 1.25. The van der Waals surface area contributed by atoms with E-state index in [1.165, 1.54) is 269 Å². The fraction of sp³-hybridized carbons (Fsp3) is 1.00. The Balaban J connectivity index is 4.02. The molecule has 0 saturated heterocycles. The van der Waals surface area contributed by atoms with Gasteiger partial charge in [-0.05, 0) is 0 Å². The quantitative estimate of drug-likeness (QED) is 0.484. The van der Waals surface area contributed by atoms with Crippen molar-refractivity contribution >= 4 is 294 Å². The molecule has 0 nitrogen and oxygen atoms in total. The van der Waals surface area contributed by atoms with Crippen molar-refractivity contribution < 1.29 is 0 Å². The molecule has 0 atom stereocenters. The molecule has 0 fully saturated rings. The molecular formula is C2K6. The monoisotopic (exact) mass is 258 g/mol. The van der Waals surface area contributed by atoms with Gasteiger partial charge in [0.05, 0.1) is 0 Å². The summed E-state index contributed by atoms with van der Waals surface area (Å²) in [6.07, 6.45) is 0. The van der Waals surface area contributed by atoms with Gasteiger partial charge in [-0.15, -0.1) is 0 Å². The molecule has 0 aromatic heterocycles. The molecule has 0 radical (unpaired) electrons. The fourth-order valence-electron chi connectivity index (χ4n) is 0. The van der Waals surface area contributed by atoms with Crippen molar-refractivity contribution in [3.8, 4) is 0 Å². The van der Waals surface area contributed by atoms with E-state index in [4.69, 9.17) is 0 Å². The van der Waals surface area contributed by atoms with E-state index in [0.29, 0.717) is 0 Å². The van der Waals surface area contributed by atoms with Gasteiger partial charge in [0.2, 0.25) is 0 Å². The van der Waals surface area contributed by atoms with Crippen molar-refractivity contribution in [3.05, 3.63) is 0 Å². The second kappa shape index (κ2) is 8.84. The van der Waals surface area contributed by atoms with Gasteiger partial charge in [-0.2, -0.15) is 0 Å². The maximum atomic E-state index is 1.25. The second-order valence-corrected chi connectivity index (χ2v) is 57.2. The van der Waals surface area contributed by atoms with Crippen molar-refractivity contribution in [3.63, 3.8) is 0 Å². The molecule has 0 bridgehead atoms. The Hall–Kier alpha value is 9.82. The molecule has 0 aromatic rings. The van der Waals surface area contributed by atoms with E-state index in [1.54, 1.807) is 0 Å². The number of hydrogen-bond acceptors (Lipinski definition) is 0. The van der Waals surface area contributed by atoms with E-state index < -0.39 is 0 Å². The molecule has 0 heterocycles. The zero-order chi connectivity index (χ0) is 7.00. The van der Waals surface area contributed by atoms with Crippen LogP contribution in [0, 0.1) is 0 Å². The second-order valence-electron chi connectivity index (χ2n) is 4.50. The summed E-state index contributed by atoms with van der Waals surface area (Å²) in [7, 11) is 0. The predicted molar refractivity (Wildman–Crippen MR) is 39.9 cm³/mol. The van der Waals surface area contributed by atoms with Crippen LogP contribution in [0.3, 0.4) is 0 Å². The van der Waals surface area contributed by atoms with Crippen LogP contribution in [-0.2, 0) is 0 Å². The molecule has 6 heteroatoms. The number of rotatable bonds is 1. The molecule has 8 heavy (non-hydrogen) atoms. The van der Waals surface area contributed by atoms with Gasteiger partial charge in [-0.3, -0.25) is 0 Å². The predicted octanol–water partition coefficient (Wildman–Crippen LogP) is -1.86. The van der Waals surface area contributed by atoms with Crippen LogP contribution in [0.15, 0.2) is 0 Å². The molecule has 0 aliphatic heterocycles. The van der Waals surface area contributed by atoms with Crippen molar-refractivity contribution in [1.29, 1.82) is 0 Å². The summed E-state index contributed by atoms with van der Waals surface area (Å²) in [6, 6.07) is 0. The van der Waals surface area contributed by atoms with Gasteiger partial charge in [0, 0.05) is 0 Å². The van der Waals surface area contributed by atoms with Gasteiger partial charge < -0.3 is 0 Å². The average molecular weight is 259 g/mol. The summed E-state index contributed by atoms with van der Waals surface area (Å²) < 4.78 is 2.50. The Bertz CT molecular complexity index is 61.5. The minimum absolute atomic E-state index is 1.25. The van der Waals surface area contributed by atoms with Crippen molar-refractivity contribution in [1.82, 2.24) is 0 Å². The van der Waals surface area contributed by atoms with Crippen molar-refractivity contribution in [2.24, 2.45) is 0 Å². The van der Waals surface area contributed by atoms with Crippen LogP contribution in [0.2, 0.25) is -24.6 Å². The van der Waals surface area contributed by atoms with Gasteiger partial charge in [0.1, 0.15) is 0 Å². The summed E-state index contributed by atoms with van der Waals surface area (Å²) in [5.74, 6) is 0. The third-order valence-electron chi connectivity index (χ3n) is 2.25. The zero-order valence-corrected chi connectivity index (χ0v) is 25.7. The molecule has 0 rings (SSSR count). The molecule has 0 aliphatic rings. The summed E-state index contributed by atoms with van der Waals surface area (Å²) in [6.45, 7) is 0. The number of hydrogen-bond donors (Lipinski definition) is 0. The maximum absolute atomic E-state index is 1.25. The normalized spacial score (nSPS) is 15.0. The molecule has 0 unspecified atom stereocenters. The van der Waals surface area contributed by atoms with Crippen LogP contribution in [-0.4, -0.2) is 294 Å². The van der Waals surface area contributed by atoms with Crippen LogP contribution >= 0.6 is 0 Å². The molecule has 0 amide bonds. The first-order chi connectivity index (χ1) is 3.25. The van der Waals surface area contributed by atoms with Crippen LogP contribution < -0.4 is 0 Å². The Labute approximate surface area is 256 Å². The first kappa shape index (κ1) is 17.8. The molecule has 0 spiro atoms. The van der Waals surface area contributed by atoms with Gasteiger partial charge in [0.25, 0.3) is 0 Å². The van der Waals surface area contributed by atoms with Gasteiger partial charge in [0.15, 0.2) is 0 Å². The Morgan fingerprint density at radius 1 is 0.500 bits per heavy atom. The van der Waals surface area contributed by atoms with Crippen molar-refractivity contribution in [2.45, 2.75) is -24.6 Å². The molecule has 0 aromatic carbocycles. The Kier molecular flexibility index (Phi) is 19.7. The standard InChI is InChI=1S/C2.6K/c1-2;;;;;;. The zero-order valence-electron chi connectivity index (χ0n) is 7.00. The van der Waals surface area contributed by atoms with E-state index >= 15 is 0 Å². The Morgan fingerprint density at radius 3 is 0.625 bits per heavy atom. The third kappa shape index (κ3) is 9.81. The van der Waals surface area contributed by atoms with E-state index in [2.05, 4.69) is 0 Å². The van der Waals surface area contributed by atoms with E-state index in [9.17, 15) is 0 Å². The minimum atomic E-state index is 1.25. The fourth-order valence-corrected chi connectivity index (χ4v) is 0. The summed E-state index contributed by atoms with van der Waals surface area (Å²) in [4.78, 5) is 0. The SMILES string of the molecule is [K][C]([K])([K])[C]([K])([K])[K]. The first-order valence-electron chi connectivity index (χ1n) is 3.25. The summed E-state index contributed by atoms with van der Waals surface area (Å²) in [5.41, 5.74) is 0. The Morgan fingerprint density at radius 2 is 0.625 bits per heavy atom. The van der Waals surface area contributed by atoms with Crippen LogP contribution in [0.4, 0.5) is 0 Å². The van der Waals surface area contributed by atoms with Crippen molar-refractivity contribution in [2.75, 3.05) is 0 Å². The van der Waals surface area contributed by atoms with Gasteiger partial charge in [-0.25, -0.2) is 0 Å². The van der Waals surface area contributed by atoms with Crippen LogP contribution in [0.5, 0.6) is 0 Å². The van der Waals surface area contributed by atoms with Crippen LogP contribution in [0.25, 0.3) is 0 Å².